The number of carbonyl (C=O) groups excluding carboxylic acids is 1. The number of amides is 2. The van der Waals surface area contributed by atoms with Crippen LogP contribution < -0.4 is 5.32 Å². The predicted molar refractivity (Wildman–Crippen MR) is 107 cm³/mol. The molecule has 154 valence electrons. The van der Waals surface area contributed by atoms with Crippen LogP contribution in [0.3, 0.4) is 0 Å². The molecule has 0 aromatic heterocycles. The number of hydrogen-bond acceptors (Lipinski definition) is 4. The lowest BCUT2D eigenvalue weighted by molar-refractivity contribution is 0.0361. The molecule has 0 saturated heterocycles. The summed E-state index contributed by atoms with van der Waals surface area (Å²) in [6.07, 6.45) is -1.04. The van der Waals surface area contributed by atoms with Crippen LogP contribution in [0.2, 0.25) is 0 Å². The average molecular weight is 398 g/mol. The lowest BCUT2D eigenvalue weighted by atomic mass is 9.87. The van der Waals surface area contributed by atoms with E-state index in [1.807, 2.05) is 60.7 Å². The summed E-state index contributed by atoms with van der Waals surface area (Å²) < 4.78 is 5.29. The number of aliphatic hydroxyl groups is 1. The zero-order valence-corrected chi connectivity index (χ0v) is 16.1. The van der Waals surface area contributed by atoms with Gasteiger partial charge in [0, 0.05) is 6.54 Å². The van der Waals surface area contributed by atoms with Gasteiger partial charge >= 0.3 is 12.2 Å². The van der Waals surface area contributed by atoms with E-state index >= 15 is 0 Å². The summed E-state index contributed by atoms with van der Waals surface area (Å²) in [5, 5.41) is 22.7. The molecule has 0 bridgehead atoms. The number of alkyl carbamates (subject to hydrolysis) is 1. The molecule has 0 heterocycles. The van der Waals surface area contributed by atoms with Crippen molar-refractivity contribution in [3.05, 3.63) is 71.8 Å². The predicted octanol–water partition coefficient (Wildman–Crippen LogP) is 3.38. The van der Waals surface area contributed by atoms with E-state index in [0.717, 1.165) is 11.1 Å². The summed E-state index contributed by atoms with van der Waals surface area (Å²) in [4.78, 5) is 25.5. The van der Waals surface area contributed by atoms with Crippen LogP contribution in [0, 0.1) is 0 Å². The van der Waals surface area contributed by atoms with Gasteiger partial charge in [-0.3, -0.25) is 4.90 Å². The molecule has 3 rings (SSSR count). The van der Waals surface area contributed by atoms with Gasteiger partial charge in [-0.15, -0.1) is 0 Å². The highest BCUT2D eigenvalue weighted by Crippen LogP contribution is 2.26. The maximum atomic E-state index is 12.3. The molecule has 3 N–H and O–H groups in total. The van der Waals surface area contributed by atoms with Gasteiger partial charge in [0.2, 0.25) is 0 Å². The molecule has 7 nitrogen and oxygen atoms in total. The number of nitrogens with one attached hydrogen (secondary N) is 1. The van der Waals surface area contributed by atoms with Crippen molar-refractivity contribution in [2.24, 2.45) is 0 Å². The Morgan fingerprint density at radius 2 is 1.62 bits per heavy atom. The first-order valence-electron chi connectivity index (χ1n) is 9.71. The van der Waals surface area contributed by atoms with E-state index < -0.39 is 30.4 Å². The first-order valence-corrected chi connectivity index (χ1v) is 9.71. The average Bonchev–Trinajstić information content (AvgIpc) is 2.73. The molecule has 2 aromatic carbocycles. The molecule has 29 heavy (non-hydrogen) atoms. The molecule has 1 aliphatic carbocycles. The number of carbonyl (C=O) groups is 2. The maximum absolute atomic E-state index is 12.3. The number of ether oxygens (including phenoxy) is 1. The van der Waals surface area contributed by atoms with Crippen LogP contribution in [0.5, 0.6) is 0 Å². The molecule has 2 amide bonds. The molecule has 0 radical (unpaired) electrons. The van der Waals surface area contributed by atoms with Crippen molar-refractivity contribution in [1.82, 2.24) is 10.2 Å². The van der Waals surface area contributed by atoms with Crippen molar-refractivity contribution in [1.29, 1.82) is 0 Å². The van der Waals surface area contributed by atoms with Gasteiger partial charge in [0.1, 0.15) is 6.61 Å². The molecule has 0 aliphatic heterocycles. The van der Waals surface area contributed by atoms with Crippen LogP contribution in [0.15, 0.2) is 60.7 Å². The molecule has 1 unspecified atom stereocenters. The Kier molecular flexibility index (Phi) is 7.08. The van der Waals surface area contributed by atoms with E-state index in [0.29, 0.717) is 12.8 Å². The van der Waals surface area contributed by atoms with Gasteiger partial charge in [-0.05, 0) is 30.4 Å². The summed E-state index contributed by atoms with van der Waals surface area (Å²) in [5.74, 6) is 0. The van der Waals surface area contributed by atoms with Crippen molar-refractivity contribution in [3.63, 3.8) is 0 Å². The van der Waals surface area contributed by atoms with Crippen LogP contribution in [0.25, 0.3) is 0 Å². The first kappa shape index (κ1) is 20.7. The van der Waals surface area contributed by atoms with Gasteiger partial charge in [-0.25, -0.2) is 9.59 Å². The normalized spacial score (nSPS) is 21.2. The van der Waals surface area contributed by atoms with Gasteiger partial charge in [-0.2, -0.15) is 0 Å². The number of aliphatic hydroxyl groups excluding tert-OH is 1. The number of nitrogens with zero attached hydrogens (tertiary/aromatic N) is 1. The van der Waals surface area contributed by atoms with Crippen molar-refractivity contribution in [2.45, 2.75) is 50.6 Å². The van der Waals surface area contributed by atoms with Gasteiger partial charge in [-0.1, -0.05) is 60.7 Å². The fourth-order valence-corrected chi connectivity index (χ4v) is 3.66. The number of benzene rings is 2. The van der Waals surface area contributed by atoms with Crippen LogP contribution in [-0.4, -0.2) is 45.5 Å². The third kappa shape index (κ3) is 5.96. The van der Waals surface area contributed by atoms with E-state index in [9.17, 15) is 19.8 Å². The Morgan fingerprint density at radius 3 is 2.24 bits per heavy atom. The second-order valence-electron chi connectivity index (χ2n) is 7.24. The van der Waals surface area contributed by atoms with Gasteiger partial charge in [0.25, 0.3) is 0 Å². The topological polar surface area (TPSA) is 99.1 Å². The molecular formula is C22H26N2O5. The van der Waals surface area contributed by atoms with Crippen molar-refractivity contribution in [2.75, 3.05) is 0 Å². The van der Waals surface area contributed by atoms with Crippen molar-refractivity contribution in [3.8, 4) is 0 Å². The fourth-order valence-electron chi connectivity index (χ4n) is 3.66. The lowest BCUT2D eigenvalue weighted by Gasteiger charge is -2.40. The lowest BCUT2D eigenvalue weighted by Crippen LogP contribution is -2.56. The Balaban J connectivity index is 1.66. The van der Waals surface area contributed by atoms with Gasteiger partial charge in [0.15, 0.2) is 0 Å². The van der Waals surface area contributed by atoms with Crippen LogP contribution in [0.1, 0.15) is 30.4 Å². The largest absolute Gasteiger partial charge is 0.465 e. The van der Waals surface area contributed by atoms with E-state index in [1.165, 1.54) is 4.90 Å². The van der Waals surface area contributed by atoms with Crippen LogP contribution >= 0.6 is 0 Å². The zero-order chi connectivity index (χ0) is 20.6. The summed E-state index contributed by atoms with van der Waals surface area (Å²) in [6, 6.07) is 17.6. The molecule has 1 fully saturated rings. The van der Waals surface area contributed by atoms with Crippen LogP contribution in [-0.2, 0) is 17.9 Å². The molecule has 7 heteroatoms. The minimum Gasteiger partial charge on any atom is -0.465 e. The smallest absolute Gasteiger partial charge is 0.407 e. The Hall–Kier alpha value is -3.06. The van der Waals surface area contributed by atoms with E-state index in [4.69, 9.17) is 4.74 Å². The van der Waals surface area contributed by atoms with Crippen molar-refractivity contribution >= 4 is 12.2 Å². The SMILES string of the molecule is O=C(N[C@H]1CCC(O)C[C@H]1N(Cc1ccccc1)C(=O)O)OCc1ccccc1. The van der Waals surface area contributed by atoms with Gasteiger partial charge in [0.05, 0.1) is 18.2 Å². The van der Waals surface area contributed by atoms with E-state index in [-0.39, 0.29) is 19.6 Å². The minimum atomic E-state index is -1.09. The highest BCUT2D eigenvalue weighted by atomic mass is 16.5. The Labute approximate surface area is 169 Å². The summed E-state index contributed by atoms with van der Waals surface area (Å²) >= 11 is 0. The van der Waals surface area contributed by atoms with Crippen molar-refractivity contribution < 1.29 is 24.5 Å². The number of hydrogen-bond donors (Lipinski definition) is 3. The number of rotatable bonds is 6. The molecular weight excluding hydrogens is 372 g/mol. The highest BCUT2D eigenvalue weighted by molar-refractivity contribution is 5.69. The first-order chi connectivity index (χ1) is 14.0. The third-order valence-corrected chi connectivity index (χ3v) is 5.15. The maximum Gasteiger partial charge on any atom is 0.407 e. The molecule has 1 aliphatic rings. The molecule has 2 aromatic rings. The fraction of sp³-hybridized carbons (Fsp3) is 0.364. The quantitative estimate of drug-likeness (QED) is 0.693. The Bertz CT molecular complexity index is 799. The summed E-state index contributed by atoms with van der Waals surface area (Å²) in [6.45, 7) is 0.324. The Morgan fingerprint density at radius 1 is 1.00 bits per heavy atom. The number of carboxylic acid groups (broad SMARTS) is 1. The molecule has 3 atom stereocenters. The van der Waals surface area contributed by atoms with Crippen LogP contribution in [0.4, 0.5) is 9.59 Å². The minimum absolute atomic E-state index is 0.138. The summed E-state index contributed by atoms with van der Waals surface area (Å²) in [7, 11) is 0. The second kappa shape index (κ2) is 9.93. The standard InChI is InChI=1S/C22H26N2O5/c25-18-11-12-19(23-21(26)29-15-17-9-5-2-6-10-17)20(13-18)24(22(27)28)14-16-7-3-1-4-8-16/h1-10,18-20,25H,11-15H2,(H,23,26)(H,27,28)/t18?,19-,20+/m0/s1. The van der Waals surface area contributed by atoms with E-state index in [1.54, 1.807) is 0 Å². The van der Waals surface area contributed by atoms with Gasteiger partial charge < -0.3 is 20.3 Å². The highest BCUT2D eigenvalue weighted by Gasteiger charge is 2.37. The summed E-state index contributed by atoms with van der Waals surface area (Å²) in [5.41, 5.74) is 1.72. The third-order valence-electron chi connectivity index (χ3n) is 5.15. The molecule has 1 saturated carbocycles. The monoisotopic (exact) mass is 398 g/mol. The van der Waals surface area contributed by atoms with E-state index in [2.05, 4.69) is 5.32 Å². The molecule has 0 spiro atoms. The second-order valence-corrected chi connectivity index (χ2v) is 7.24. The zero-order valence-electron chi connectivity index (χ0n) is 16.1.